The molecule has 0 atom stereocenters. The summed E-state index contributed by atoms with van der Waals surface area (Å²) in [5, 5.41) is 0.766. The lowest BCUT2D eigenvalue weighted by Gasteiger charge is -2.10. The van der Waals surface area contributed by atoms with Crippen LogP contribution in [0, 0.1) is 13.8 Å². The van der Waals surface area contributed by atoms with Crippen LogP contribution in [0.3, 0.4) is 0 Å². The van der Waals surface area contributed by atoms with E-state index in [4.69, 9.17) is 13.9 Å². The van der Waals surface area contributed by atoms with Gasteiger partial charge in [0.05, 0.1) is 19.8 Å². The van der Waals surface area contributed by atoms with E-state index in [1.54, 1.807) is 50.6 Å². The molecule has 1 aromatic heterocycles. The monoisotopic (exact) mass is 440 g/mol. The molecule has 0 saturated heterocycles. The molecule has 0 amide bonds. The summed E-state index contributed by atoms with van der Waals surface area (Å²) >= 11 is 0. The smallest absolute Gasteiger partial charge is 0.344 e. The topological polar surface area (TPSA) is 65.7 Å². The molecule has 0 radical (unpaired) electrons. The zero-order valence-electron chi connectivity index (χ0n) is 19.0. The molecule has 33 heavy (non-hydrogen) atoms. The van der Waals surface area contributed by atoms with Crippen molar-refractivity contribution in [3.8, 4) is 22.6 Å². The predicted molar refractivity (Wildman–Crippen MR) is 130 cm³/mol. The lowest BCUT2D eigenvalue weighted by Crippen LogP contribution is -2.04. The van der Waals surface area contributed by atoms with E-state index in [-0.39, 0.29) is 5.78 Å². The number of carbonyl (C=O) groups excluding carboxylic acids is 1. The number of allylic oxidation sites excluding steroid dienone is 1. The highest BCUT2D eigenvalue weighted by atomic mass is 16.5. The molecule has 0 aliphatic heterocycles. The lowest BCUT2D eigenvalue weighted by molar-refractivity contribution is 0.104. The van der Waals surface area contributed by atoms with Gasteiger partial charge in [-0.15, -0.1) is 0 Å². The number of benzene rings is 3. The molecule has 3 aromatic carbocycles. The number of methoxy groups -OCH3 is 2. The molecule has 0 N–H and O–H groups in total. The second kappa shape index (κ2) is 9.17. The van der Waals surface area contributed by atoms with Crippen LogP contribution in [-0.2, 0) is 0 Å². The van der Waals surface area contributed by atoms with Crippen LogP contribution in [0.2, 0.25) is 0 Å². The summed E-state index contributed by atoms with van der Waals surface area (Å²) < 4.78 is 16.3. The van der Waals surface area contributed by atoms with Crippen molar-refractivity contribution < 1.29 is 18.7 Å². The fourth-order valence-corrected chi connectivity index (χ4v) is 3.73. The minimum atomic E-state index is -0.435. The van der Waals surface area contributed by atoms with E-state index >= 15 is 0 Å². The average molecular weight is 440 g/mol. The number of ketones is 1. The molecule has 0 spiro atoms. The number of fused-ring (bicyclic) bond motifs is 1. The molecule has 0 saturated carbocycles. The third-order valence-electron chi connectivity index (χ3n) is 5.50. The molecule has 0 aliphatic carbocycles. The maximum absolute atomic E-state index is 12.7. The van der Waals surface area contributed by atoms with Gasteiger partial charge in [0.15, 0.2) is 17.3 Å². The van der Waals surface area contributed by atoms with E-state index in [9.17, 15) is 9.59 Å². The van der Waals surface area contributed by atoms with Crippen molar-refractivity contribution in [2.75, 3.05) is 14.2 Å². The van der Waals surface area contributed by atoms with Gasteiger partial charge in [-0.25, -0.2) is 4.79 Å². The van der Waals surface area contributed by atoms with E-state index in [1.165, 1.54) is 0 Å². The fraction of sp³-hybridized carbons (Fsp3) is 0.143. The first-order chi connectivity index (χ1) is 15.9. The predicted octanol–water partition coefficient (Wildman–Crippen LogP) is 5.99. The van der Waals surface area contributed by atoms with Crippen LogP contribution in [0.4, 0.5) is 0 Å². The van der Waals surface area contributed by atoms with Gasteiger partial charge in [-0.1, -0.05) is 42.0 Å². The Balaban J connectivity index is 1.73. The summed E-state index contributed by atoms with van der Waals surface area (Å²) in [5.41, 5.74) is 4.56. The number of hydrogen-bond donors (Lipinski definition) is 0. The maximum Gasteiger partial charge on any atom is 0.344 e. The van der Waals surface area contributed by atoms with Gasteiger partial charge in [0, 0.05) is 10.9 Å². The van der Waals surface area contributed by atoms with Crippen LogP contribution >= 0.6 is 0 Å². The van der Waals surface area contributed by atoms with E-state index in [0.29, 0.717) is 33.8 Å². The largest absolute Gasteiger partial charge is 0.493 e. The Bertz CT molecular complexity index is 1430. The molecule has 166 valence electrons. The molecule has 0 fully saturated rings. The zero-order valence-corrected chi connectivity index (χ0v) is 19.0. The Hall–Kier alpha value is -4.12. The standard InChI is InChI=1S/C28H24O5/c1-17-5-8-20(9-6-17)24(29)11-7-19-13-18(2)27-22(14-19)15-23(28(30)33-27)21-10-12-25(31-3)26(16-21)32-4/h5-16H,1-4H3/b11-7+. The number of rotatable bonds is 6. The van der Waals surface area contributed by atoms with Crippen molar-refractivity contribution in [1.82, 2.24) is 0 Å². The molecule has 5 heteroatoms. The SMILES string of the molecule is COc1ccc(-c2cc3cc(/C=C/C(=O)c4ccc(C)cc4)cc(C)c3oc2=O)cc1OC. The third-order valence-corrected chi connectivity index (χ3v) is 5.50. The first kappa shape index (κ1) is 22.1. The number of hydrogen-bond acceptors (Lipinski definition) is 5. The Morgan fingerprint density at radius 3 is 2.30 bits per heavy atom. The van der Waals surface area contributed by atoms with Gasteiger partial charge in [0.25, 0.3) is 0 Å². The first-order valence-corrected chi connectivity index (χ1v) is 10.5. The van der Waals surface area contributed by atoms with Crippen LogP contribution in [0.5, 0.6) is 11.5 Å². The van der Waals surface area contributed by atoms with Gasteiger partial charge in [-0.3, -0.25) is 4.79 Å². The molecule has 0 unspecified atom stereocenters. The van der Waals surface area contributed by atoms with Crippen molar-refractivity contribution >= 4 is 22.8 Å². The highest BCUT2D eigenvalue weighted by Gasteiger charge is 2.13. The number of ether oxygens (including phenoxy) is 2. The Kier molecular flexibility index (Phi) is 6.13. The molecule has 0 aliphatic rings. The van der Waals surface area contributed by atoms with Crippen LogP contribution in [0.1, 0.15) is 27.0 Å². The first-order valence-electron chi connectivity index (χ1n) is 10.5. The summed E-state index contributed by atoms with van der Waals surface area (Å²) in [7, 11) is 3.10. The van der Waals surface area contributed by atoms with Gasteiger partial charge in [-0.2, -0.15) is 0 Å². The maximum atomic E-state index is 12.7. The second-order valence-corrected chi connectivity index (χ2v) is 7.84. The highest BCUT2D eigenvalue weighted by Crippen LogP contribution is 2.32. The lowest BCUT2D eigenvalue weighted by atomic mass is 10.0. The van der Waals surface area contributed by atoms with Gasteiger partial charge in [0.2, 0.25) is 0 Å². The third kappa shape index (κ3) is 4.58. The van der Waals surface area contributed by atoms with Crippen molar-refractivity contribution in [1.29, 1.82) is 0 Å². The normalized spacial score (nSPS) is 11.2. The summed E-state index contributed by atoms with van der Waals surface area (Å²) in [6.07, 6.45) is 3.33. The molecular formula is C28H24O5. The molecular weight excluding hydrogens is 416 g/mol. The fourth-order valence-electron chi connectivity index (χ4n) is 3.73. The van der Waals surface area contributed by atoms with Crippen LogP contribution < -0.4 is 15.1 Å². The Morgan fingerprint density at radius 1 is 0.879 bits per heavy atom. The average Bonchev–Trinajstić information content (AvgIpc) is 2.82. The molecule has 4 rings (SSSR count). The Labute approximate surface area is 191 Å². The second-order valence-electron chi connectivity index (χ2n) is 7.84. The quantitative estimate of drug-likeness (QED) is 0.209. The Morgan fingerprint density at radius 2 is 1.61 bits per heavy atom. The van der Waals surface area contributed by atoms with Crippen LogP contribution in [-0.4, -0.2) is 20.0 Å². The van der Waals surface area contributed by atoms with Gasteiger partial charge < -0.3 is 13.9 Å². The number of aryl methyl sites for hydroxylation is 2. The van der Waals surface area contributed by atoms with Crippen molar-refractivity contribution in [3.05, 3.63) is 99.4 Å². The zero-order chi connectivity index (χ0) is 23.5. The van der Waals surface area contributed by atoms with Crippen molar-refractivity contribution in [2.24, 2.45) is 0 Å². The van der Waals surface area contributed by atoms with Crippen molar-refractivity contribution in [3.63, 3.8) is 0 Å². The van der Waals surface area contributed by atoms with Crippen LogP contribution in [0.25, 0.3) is 28.2 Å². The van der Waals surface area contributed by atoms with Crippen molar-refractivity contribution in [2.45, 2.75) is 13.8 Å². The van der Waals surface area contributed by atoms with Gasteiger partial charge in [-0.05, 0) is 66.9 Å². The van der Waals surface area contributed by atoms with Gasteiger partial charge >= 0.3 is 5.63 Å². The summed E-state index contributed by atoms with van der Waals surface area (Å²) in [4.78, 5) is 25.2. The van der Waals surface area contributed by atoms with E-state index in [0.717, 1.165) is 22.1 Å². The minimum Gasteiger partial charge on any atom is -0.493 e. The molecule has 1 heterocycles. The van der Waals surface area contributed by atoms with E-state index in [2.05, 4.69) is 0 Å². The molecule has 4 aromatic rings. The van der Waals surface area contributed by atoms with E-state index in [1.807, 2.05) is 50.2 Å². The summed E-state index contributed by atoms with van der Waals surface area (Å²) in [5.74, 6) is 1.03. The summed E-state index contributed by atoms with van der Waals surface area (Å²) in [6, 6.07) is 18.3. The number of carbonyl (C=O) groups is 1. The van der Waals surface area contributed by atoms with Gasteiger partial charge in [0.1, 0.15) is 5.58 Å². The highest BCUT2D eigenvalue weighted by molar-refractivity contribution is 6.07. The minimum absolute atomic E-state index is 0.0710. The van der Waals surface area contributed by atoms with E-state index < -0.39 is 5.63 Å². The summed E-state index contributed by atoms with van der Waals surface area (Å²) in [6.45, 7) is 3.86. The van der Waals surface area contributed by atoms with Crippen LogP contribution in [0.15, 0.2) is 76.0 Å². The molecule has 5 nitrogen and oxygen atoms in total. The molecule has 0 bridgehead atoms.